The molecule has 0 saturated heterocycles. The summed E-state index contributed by atoms with van der Waals surface area (Å²) in [5.74, 6) is -5.21. The Morgan fingerprint density at radius 3 is 1.78 bits per heavy atom. The average molecular weight is 493 g/mol. The van der Waals surface area contributed by atoms with E-state index < -0.39 is 18.1 Å². The molecule has 0 amide bonds. The molecule has 102 valence electrons. The van der Waals surface area contributed by atoms with Crippen LogP contribution in [-0.4, -0.2) is 17.2 Å². The summed E-state index contributed by atoms with van der Waals surface area (Å²) in [4.78, 5) is 0. The standard InChI is InChI=1S/C9H6F5I2NO/c10-8(11,9(12,13)14)7(17)3-1-4(15)6(18)5(16)2-3/h1-2,7,18H,17H2/t7-/m0/s1. The van der Waals surface area contributed by atoms with Crippen molar-refractivity contribution in [2.45, 2.75) is 18.1 Å². The maximum Gasteiger partial charge on any atom is 0.455 e. The van der Waals surface area contributed by atoms with Crippen molar-refractivity contribution < 1.29 is 27.1 Å². The fourth-order valence-electron chi connectivity index (χ4n) is 1.15. The Balaban J connectivity index is 3.24. The molecule has 3 N–H and O–H groups in total. The topological polar surface area (TPSA) is 46.2 Å². The van der Waals surface area contributed by atoms with Gasteiger partial charge in [-0.1, -0.05) is 0 Å². The van der Waals surface area contributed by atoms with Gasteiger partial charge in [0.25, 0.3) is 0 Å². The number of nitrogens with two attached hydrogens (primary N) is 1. The van der Waals surface area contributed by atoms with Crippen LogP contribution in [-0.2, 0) is 0 Å². The molecule has 9 heteroatoms. The molecule has 2 nitrogen and oxygen atoms in total. The lowest BCUT2D eigenvalue weighted by Crippen LogP contribution is -2.45. The number of hydrogen-bond acceptors (Lipinski definition) is 2. The third-order valence-corrected chi connectivity index (χ3v) is 3.81. The highest BCUT2D eigenvalue weighted by molar-refractivity contribution is 14.1. The largest absolute Gasteiger partial charge is 0.506 e. The fourth-order valence-corrected chi connectivity index (χ4v) is 2.97. The van der Waals surface area contributed by atoms with Gasteiger partial charge in [-0.3, -0.25) is 0 Å². The van der Waals surface area contributed by atoms with Crippen molar-refractivity contribution >= 4 is 45.2 Å². The van der Waals surface area contributed by atoms with Crippen molar-refractivity contribution in [3.05, 3.63) is 24.8 Å². The molecule has 1 atom stereocenters. The second-order valence-corrected chi connectivity index (χ2v) is 5.76. The number of halogens is 7. The number of benzene rings is 1. The van der Waals surface area contributed by atoms with Crippen LogP contribution < -0.4 is 5.73 Å². The van der Waals surface area contributed by atoms with Crippen LogP contribution in [0.5, 0.6) is 5.75 Å². The van der Waals surface area contributed by atoms with Crippen LogP contribution in [0, 0.1) is 7.14 Å². The zero-order chi connectivity index (χ0) is 14.3. The quantitative estimate of drug-likeness (QED) is 0.487. The Bertz CT molecular complexity index is 440. The molecule has 0 unspecified atom stereocenters. The third-order valence-electron chi connectivity index (χ3n) is 2.17. The number of phenolic OH excluding ortho intramolecular Hbond substituents is 1. The molecule has 0 spiro atoms. The molecule has 1 aromatic rings. The van der Waals surface area contributed by atoms with Gasteiger partial charge in [-0.15, -0.1) is 0 Å². The first-order valence-corrected chi connectivity index (χ1v) is 6.52. The van der Waals surface area contributed by atoms with E-state index in [0.29, 0.717) is 0 Å². The van der Waals surface area contributed by atoms with Crippen LogP contribution in [0.4, 0.5) is 22.0 Å². The maximum absolute atomic E-state index is 13.1. The average Bonchev–Trinajstić information content (AvgIpc) is 2.22. The zero-order valence-electron chi connectivity index (χ0n) is 8.40. The van der Waals surface area contributed by atoms with Gasteiger partial charge >= 0.3 is 12.1 Å². The van der Waals surface area contributed by atoms with E-state index in [-0.39, 0.29) is 18.5 Å². The SMILES string of the molecule is N[C@@H](c1cc(I)c(O)c(I)c1)C(F)(F)C(F)(F)F. The van der Waals surface area contributed by atoms with Crippen LogP contribution in [0.1, 0.15) is 11.6 Å². The smallest absolute Gasteiger partial charge is 0.455 e. The molecule has 0 radical (unpaired) electrons. The van der Waals surface area contributed by atoms with Crippen molar-refractivity contribution in [2.75, 3.05) is 0 Å². The molecule has 0 aliphatic rings. The molecule has 0 fully saturated rings. The highest BCUT2D eigenvalue weighted by atomic mass is 127. The molecule has 0 bridgehead atoms. The van der Waals surface area contributed by atoms with Gasteiger partial charge < -0.3 is 10.8 Å². The van der Waals surface area contributed by atoms with Gasteiger partial charge in [0.15, 0.2) is 0 Å². The lowest BCUT2D eigenvalue weighted by atomic mass is 10.0. The Kier molecular flexibility index (Phi) is 4.69. The lowest BCUT2D eigenvalue weighted by Gasteiger charge is -2.26. The minimum absolute atomic E-state index is 0.155. The minimum Gasteiger partial charge on any atom is -0.506 e. The summed E-state index contributed by atoms with van der Waals surface area (Å²) in [6.45, 7) is 0. The van der Waals surface area contributed by atoms with Gasteiger partial charge in [0.05, 0.1) is 7.14 Å². The van der Waals surface area contributed by atoms with Crippen molar-refractivity contribution in [1.29, 1.82) is 0 Å². The summed E-state index contributed by atoms with van der Waals surface area (Å²) in [5.41, 5.74) is 4.60. The molecule has 1 aromatic carbocycles. The van der Waals surface area contributed by atoms with E-state index in [1.54, 1.807) is 45.2 Å². The van der Waals surface area contributed by atoms with E-state index in [9.17, 15) is 27.1 Å². The highest BCUT2D eigenvalue weighted by Crippen LogP contribution is 2.44. The monoisotopic (exact) mass is 493 g/mol. The number of hydrogen-bond donors (Lipinski definition) is 2. The summed E-state index contributed by atoms with van der Waals surface area (Å²) in [6.07, 6.45) is -5.72. The molecular formula is C9H6F5I2NO. The molecule has 0 aliphatic heterocycles. The second-order valence-electron chi connectivity index (χ2n) is 3.43. The predicted octanol–water partition coefficient (Wildman–Crippen LogP) is 3.80. The third kappa shape index (κ3) is 2.98. The van der Waals surface area contributed by atoms with Crippen LogP contribution in [0.3, 0.4) is 0 Å². The molecular weight excluding hydrogens is 487 g/mol. The summed E-state index contributed by atoms with van der Waals surface area (Å²) in [5, 5.41) is 9.41. The van der Waals surface area contributed by atoms with Crippen molar-refractivity contribution in [3.8, 4) is 5.75 Å². The maximum atomic E-state index is 13.1. The predicted molar refractivity (Wildman–Crippen MR) is 71.5 cm³/mol. The molecule has 0 heterocycles. The summed E-state index contributed by atoms with van der Waals surface area (Å²) < 4.78 is 62.9. The van der Waals surface area contributed by atoms with E-state index in [2.05, 4.69) is 0 Å². The van der Waals surface area contributed by atoms with E-state index in [4.69, 9.17) is 5.73 Å². The first-order valence-electron chi connectivity index (χ1n) is 4.36. The normalized spacial score (nSPS) is 14.7. The Hall–Kier alpha value is 0.0900. The van der Waals surface area contributed by atoms with E-state index in [0.717, 1.165) is 12.1 Å². The summed E-state index contributed by atoms with van der Waals surface area (Å²) in [6, 6.07) is -0.509. The number of aromatic hydroxyl groups is 1. The number of rotatable bonds is 2. The first kappa shape index (κ1) is 16.1. The zero-order valence-corrected chi connectivity index (χ0v) is 12.7. The lowest BCUT2D eigenvalue weighted by molar-refractivity contribution is -0.291. The second kappa shape index (κ2) is 5.23. The van der Waals surface area contributed by atoms with Crippen LogP contribution >= 0.6 is 45.2 Å². The Labute approximate surface area is 126 Å². The Morgan fingerprint density at radius 1 is 1.06 bits per heavy atom. The molecule has 0 aliphatic carbocycles. The molecule has 1 rings (SSSR count). The highest BCUT2D eigenvalue weighted by Gasteiger charge is 2.61. The number of phenols is 1. The first-order chi connectivity index (χ1) is 7.98. The Morgan fingerprint density at radius 2 is 1.44 bits per heavy atom. The molecule has 0 aromatic heterocycles. The minimum atomic E-state index is -5.72. The van der Waals surface area contributed by atoms with E-state index in [1.165, 1.54) is 0 Å². The van der Waals surface area contributed by atoms with Crippen LogP contribution in [0.2, 0.25) is 0 Å². The summed E-state index contributed by atoms with van der Waals surface area (Å²) in [7, 11) is 0. The molecule has 18 heavy (non-hydrogen) atoms. The van der Waals surface area contributed by atoms with Crippen LogP contribution in [0.25, 0.3) is 0 Å². The number of alkyl halides is 5. The van der Waals surface area contributed by atoms with Crippen molar-refractivity contribution in [1.82, 2.24) is 0 Å². The van der Waals surface area contributed by atoms with Gasteiger partial charge in [0.1, 0.15) is 11.8 Å². The van der Waals surface area contributed by atoms with Gasteiger partial charge in [0.2, 0.25) is 0 Å². The van der Waals surface area contributed by atoms with E-state index >= 15 is 0 Å². The van der Waals surface area contributed by atoms with Crippen molar-refractivity contribution in [3.63, 3.8) is 0 Å². The molecule has 0 saturated carbocycles. The van der Waals surface area contributed by atoms with Gasteiger partial charge in [-0.05, 0) is 62.9 Å². The fraction of sp³-hybridized carbons (Fsp3) is 0.333. The van der Waals surface area contributed by atoms with Gasteiger partial charge in [0, 0.05) is 0 Å². The van der Waals surface area contributed by atoms with E-state index in [1.807, 2.05) is 0 Å². The summed E-state index contributed by atoms with van der Waals surface area (Å²) >= 11 is 3.24. The van der Waals surface area contributed by atoms with Gasteiger partial charge in [-0.25, -0.2) is 0 Å². The van der Waals surface area contributed by atoms with Gasteiger partial charge in [-0.2, -0.15) is 22.0 Å². The van der Waals surface area contributed by atoms with Crippen LogP contribution in [0.15, 0.2) is 12.1 Å². The van der Waals surface area contributed by atoms with Crippen molar-refractivity contribution in [2.24, 2.45) is 5.73 Å².